The second-order valence-electron chi connectivity index (χ2n) is 5.80. The summed E-state index contributed by atoms with van der Waals surface area (Å²) in [5.41, 5.74) is 0.916. The molecule has 0 aromatic heterocycles. The summed E-state index contributed by atoms with van der Waals surface area (Å²) in [6, 6.07) is 8.49. The Balaban J connectivity index is 1.64. The first kappa shape index (κ1) is 17.3. The minimum Gasteiger partial charge on any atom is -0.381 e. The summed E-state index contributed by atoms with van der Waals surface area (Å²) < 4.78 is 45.1. The van der Waals surface area contributed by atoms with E-state index in [4.69, 9.17) is 4.74 Å². The summed E-state index contributed by atoms with van der Waals surface area (Å²) in [5.74, 6) is -4.17. The van der Waals surface area contributed by atoms with Gasteiger partial charge in [-0.05, 0) is 49.2 Å². The molecule has 1 aliphatic heterocycles. The molecule has 0 bridgehead atoms. The molecule has 0 atom stereocenters. The lowest BCUT2D eigenvalue weighted by Crippen LogP contribution is -2.28. The van der Waals surface area contributed by atoms with E-state index < -0.39 is 17.5 Å². The molecular formula is C18H17F3N2O2. The van der Waals surface area contributed by atoms with E-state index in [0.717, 1.165) is 12.1 Å². The Kier molecular flexibility index (Phi) is 5.23. The van der Waals surface area contributed by atoms with E-state index in [1.165, 1.54) is 0 Å². The molecule has 2 aromatic carbocycles. The van der Waals surface area contributed by atoms with Crippen molar-refractivity contribution in [3.8, 4) is 0 Å². The number of nitrogens with one attached hydrogen (secondary N) is 2. The second kappa shape index (κ2) is 7.57. The lowest BCUT2D eigenvalue weighted by molar-refractivity contribution is -0.122. The molecule has 1 fully saturated rings. The lowest BCUT2D eigenvalue weighted by Gasteiger charge is -2.21. The maximum atomic E-state index is 13.7. The van der Waals surface area contributed by atoms with Crippen LogP contribution >= 0.6 is 0 Å². The Morgan fingerprint density at radius 2 is 1.56 bits per heavy atom. The van der Waals surface area contributed by atoms with Crippen LogP contribution in [0.5, 0.6) is 0 Å². The van der Waals surface area contributed by atoms with Crippen LogP contribution in [0.15, 0.2) is 36.4 Å². The fourth-order valence-corrected chi connectivity index (χ4v) is 2.62. The van der Waals surface area contributed by atoms with Crippen LogP contribution in [0.4, 0.5) is 30.2 Å². The van der Waals surface area contributed by atoms with Crippen molar-refractivity contribution in [2.24, 2.45) is 5.92 Å². The Bertz CT molecular complexity index is 760. The summed E-state index contributed by atoms with van der Waals surface area (Å²) in [6.45, 7) is 1.17. The van der Waals surface area contributed by atoms with Gasteiger partial charge in [0.05, 0.1) is 5.69 Å². The molecule has 7 heteroatoms. The maximum absolute atomic E-state index is 13.7. The summed E-state index contributed by atoms with van der Waals surface area (Å²) in [7, 11) is 0. The van der Waals surface area contributed by atoms with Crippen LogP contribution in [0.25, 0.3) is 0 Å². The summed E-state index contributed by atoms with van der Waals surface area (Å²) in [6.07, 6.45) is 1.39. The molecule has 0 saturated carbocycles. The number of rotatable bonds is 4. The molecule has 25 heavy (non-hydrogen) atoms. The quantitative estimate of drug-likeness (QED) is 0.812. The van der Waals surface area contributed by atoms with Gasteiger partial charge in [0.25, 0.3) is 0 Å². The fourth-order valence-electron chi connectivity index (χ4n) is 2.62. The highest BCUT2D eigenvalue weighted by atomic mass is 19.2. The van der Waals surface area contributed by atoms with Gasteiger partial charge in [-0.15, -0.1) is 0 Å². The zero-order chi connectivity index (χ0) is 17.8. The third-order valence-electron chi connectivity index (χ3n) is 4.06. The van der Waals surface area contributed by atoms with Gasteiger partial charge in [-0.1, -0.05) is 0 Å². The van der Waals surface area contributed by atoms with E-state index >= 15 is 0 Å². The van der Waals surface area contributed by atoms with Crippen molar-refractivity contribution >= 4 is 23.0 Å². The van der Waals surface area contributed by atoms with E-state index in [-0.39, 0.29) is 17.5 Å². The van der Waals surface area contributed by atoms with Crippen molar-refractivity contribution in [3.05, 3.63) is 53.8 Å². The predicted octanol–water partition coefficient (Wildman–Crippen LogP) is 4.21. The number of ether oxygens (including phenoxy) is 1. The number of carbonyl (C=O) groups excluding carboxylic acids is 1. The first-order chi connectivity index (χ1) is 12.0. The second-order valence-corrected chi connectivity index (χ2v) is 5.80. The lowest BCUT2D eigenvalue weighted by atomic mass is 9.99. The van der Waals surface area contributed by atoms with Crippen LogP contribution in [0.2, 0.25) is 0 Å². The van der Waals surface area contributed by atoms with Crippen molar-refractivity contribution in [3.63, 3.8) is 0 Å². The number of hydrogen-bond donors (Lipinski definition) is 2. The largest absolute Gasteiger partial charge is 0.381 e. The molecule has 1 heterocycles. The van der Waals surface area contributed by atoms with E-state index in [1.807, 2.05) is 0 Å². The highest BCUT2D eigenvalue weighted by Crippen LogP contribution is 2.25. The maximum Gasteiger partial charge on any atom is 0.227 e. The van der Waals surface area contributed by atoms with Crippen molar-refractivity contribution < 1.29 is 22.7 Å². The number of hydrogen-bond acceptors (Lipinski definition) is 3. The van der Waals surface area contributed by atoms with Gasteiger partial charge in [0, 0.05) is 30.5 Å². The predicted molar refractivity (Wildman–Crippen MR) is 88.2 cm³/mol. The van der Waals surface area contributed by atoms with Crippen LogP contribution in [0, 0.1) is 23.4 Å². The Hall–Kier alpha value is -2.54. The van der Waals surface area contributed by atoms with E-state index in [2.05, 4.69) is 10.6 Å². The van der Waals surface area contributed by atoms with Gasteiger partial charge in [-0.2, -0.15) is 0 Å². The molecule has 0 radical (unpaired) electrons. The van der Waals surface area contributed by atoms with Crippen LogP contribution in [0.1, 0.15) is 12.8 Å². The van der Waals surface area contributed by atoms with Gasteiger partial charge in [-0.3, -0.25) is 4.79 Å². The number of carbonyl (C=O) groups is 1. The summed E-state index contributed by atoms with van der Waals surface area (Å²) in [5, 5.41) is 5.50. The number of halogens is 3. The number of anilines is 3. The van der Waals surface area contributed by atoms with E-state index in [9.17, 15) is 18.0 Å². The zero-order valence-corrected chi connectivity index (χ0v) is 13.3. The Labute approximate surface area is 143 Å². The molecule has 3 rings (SSSR count). The fraction of sp³-hybridized carbons (Fsp3) is 0.278. The average molecular weight is 350 g/mol. The Morgan fingerprint density at radius 1 is 0.920 bits per heavy atom. The third-order valence-corrected chi connectivity index (χ3v) is 4.06. The van der Waals surface area contributed by atoms with E-state index in [0.29, 0.717) is 37.4 Å². The summed E-state index contributed by atoms with van der Waals surface area (Å²) >= 11 is 0. The van der Waals surface area contributed by atoms with Crippen molar-refractivity contribution in [1.29, 1.82) is 0 Å². The minimum absolute atomic E-state index is 0.0596. The monoisotopic (exact) mass is 350 g/mol. The van der Waals surface area contributed by atoms with Crippen molar-refractivity contribution in [2.75, 3.05) is 23.8 Å². The SMILES string of the molecule is O=C(Nc1ccc(Nc2ccc(F)c(F)c2F)cc1)C1CCOCC1. The smallest absolute Gasteiger partial charge is 0.227 e. The van der Waals surface area contributed by atoms with Crippen LogP contribution < -0.4 is 10.6 Å². The van der Waals surface area contributed by atoms with Gasteiger partial charge in [0.15, 0.2) is 17.5 Å². The zero-order valence-electron chi connectivity index (χ0n) is 13.3. The topological polar surface area (TPSA) is 50.4 Å². The summed E-state index contributed by atoms with van der Waals surface area (Å²) in [4.78, 5) is 12.1. The molecule has 0 spiro atoms. The Morgan fingerprint density at radius 3 is 2.24 bits per heavy atom. The first-order valence-electron chi connectivity index (χ1n) is 7.94. The van der Waals surface area contributed by atoms with Crippen molar-refractivity contribution in [1.82, 2.24) is 0 Å². The highest BCUT2D eigenvalue weighted by Gasteiger charge is 2.21. The van der Waals surface area contributed by atoms with Gasteiger partial charge >= 0.3 is 0 Å². The van der Waals surface area contributed by atoms with Crippen molar-refractivity contribution in [2.45, 2.75) is 12.8 Å². The van der Waals surface area contributed by atoms with Crippen LogP contribution in [0.3, 0.4) is 0 Å². The molecule has 2 N–H and O–H groups in total. The first-order valence-corrected chi connectivity index (χ1v) is 7.94. The van der Waals surface area contributed by atoms with E-state index in [1.54, 1.807) is 24.3 Å². The number of benzene rings is 2. The van der Waals surface area contributed by atoms with Gasteiger partial charge < -0.3 is 15.4 Å². The normalized spacial score (nSPS) is 15.0. The van der Waals surface area contributed by atoms with Gasteiger partial charge in [0.1, 0.15) is 0 Å². The molecule has 1 saturated heterocycles. The van der Waals surface area contributed by atoms with Gasteiger partial charge in [-0.25, -0.2) is 13.2 Å². The standard InChI is InChI=1S/C18H17F3N2O2/c19-14-5-6-15(17(21)16(14)20)22-12-1-3-13(4-2-12)23-18(24)11-7-9-25-10-8-11/h1-6,11,22H,7-10H2,(H,23,24). The van der Waals surface area contributed by atoms with Crippen LogP contribution in [-0.4, -0.2) is 19.1 Å². The van der Waals surface area contributed by atoms with Crippen LogP contribution in [-0.2, 0) is 9.53 Å². The molecule has 4 nitrogen and oxygen atoms in total. The molecular weight excluding hydrogens is 333 g/mol. The molecule has 2 aromatic rings. The molecule has 1 aliphatic rings. The number of amides is 1. The molecule has 132 valence electrons. The third kappa shape index (κ3) is 4.11. The molecule has 1 amide bonds. The van der Waals surface area contributed by atoms with Gasteiger partial charge in [0.2, 0.25) is 5.91 Å². The minimum atomic E-state index is -1.52. The average Bonchev–Trinajstić information content (AvgIpc) is 2.64. The molecule has 0 unspecified atom stereocenters. The molecule has 0 aliphatic carbocycles. The highest BCUT2D eigenvalue weighted by molar-refractivity contribution is 5.92.